The molecule has 1 heterocycles. The molecule has 154 valence electrons. The number of carbonyl (C=O) groups excluding carboxylic acids is 4. The minimum atomic E-state index is -1.21. The largest absolute Gasteiger partial charge is 0.444 e. The summed E-state index contributed by atoms with van der Waals surface area (Å²) in [4.78, 5) is 57.9. The smallest absolute Gasteiger partial charge is 0.411 e. The van der Waals surface area contributed by atoms with E-state index in [1.54, 1.807) is 32.9 Å². The summed E-state index contributed by atoms with van der Waals surface area (Å²) in [6.45, 7) is 5.29. The van der Waals surface area contributed by atoms with Crippen LogP contribution in [0.25, 0.3) is 0 Å². The summed E-state index contributed by atoms with van der Waals surface area (Å²) in [5, 5.41) is 0.507. The van der Waals surface area contributed by atoms with Gasteiger partial charge in [0.05, 0.1) is 11.1 Å². The van der Waals surface area contributed by atoms with Crippen LogP contribution in [0.5, 0.6) is 0 Å². The van der Waals surface area contributed by atoms with E-state index in [4.69, 9.17) is 9.57 Å². The van der Waals surface area contributed by atoms with E-state index in [1.165, 1.54) is 17.0 Å². The summed E-state index contributed by atoms with van der Waals surface area (Å²) in [7, 11) is 0. The van der Waals surface area contributed by atoms with E-state index in [2.05, 4.69) is 0 Å². The highest BCUT2D eigenvalue weighted by molar-refractivity contribution is 6.21. The Kier molecular flexibility index (Phi) is 4.40. The molecule has 8 heteroatoms. The molecule has 3 aliphatic rings. The number of amides is 3. The number of imide groups is 1. The average molecular weight is 400 g/mol. The van der Waals surface area contributed by atoms with E-state index in [0.717, 1.165) is 19.3 Å². The molecule has 0 atom stereocenters. The first-order valence-electron chi connectivity index (χ1n) is 9.87. The van der Waals surface area contributed by atoms with Crippen LogP contribution in [0.15, 0.2) is 24.3 Å². The van der Waals surface area contributed by atoms with Crippen molar-refractivity contribution in [3.63, 3.8) is 0 Å². The van der Waals surface area contributed by atoms with Gasteiger partial charge in [-0.1, -0.05) is 17.2 Å². The van der Waals surface area contributed by atoms with Crippen molar-refractivity contribution in [1.29, 1.82) is 0 Å². The third-order valence-electron chi connectivity index (χ3n) is 5.46. The van der Waals surface area contributed by atoms with E-state index >= 15 is 0 Å². The van der Waals surface area contributed by atoms with Gasteiger partial charge < -0.3 is 9.57 Å². The Hall–Kier alpha value is -2.90. The highest BCUT2D eigenvalue weighted by Gasteiger charge is 2.59. The lowest BCUT2D eigenvalue weighted by atomic mass is 9.75. The van der Waals surface area contributed by atoms with Gasteiger partial charge in [-0.25, -0.2) is 9.59 Å². The molecule has 29 heavy (non-hydrogen) atoms. The zero-order chi connectivity index (χ0) is 21.0. The molecule has 0 N–H and O–H groups in total. The number of nitrogens with zero attached hydrogens (tertiary/aromatic N) is 2. The second-order valence-electron chi connectivity index (χ2n) is 8.80. The van der Waals surface area contributed by atoms with E-state index in [1.807, 2.05) is 0 Å². The first-order chi connectivity index (χ1) is 13.6. The van der Waals surface area contributed by atoms with Crippen LogP contribution in [0.3, 0.4) is 0 Å². The third-order valence-corrected chi connectivity index (χ3v) is 5.46. The van der Waals surface area contributed by atoms with Crippen LogP contribution in [-0.2, 0) is 14.4 Å². The Balaban J connectivity index is 1.57. The first-order valence-corrected chi connectivity index (χ1v) is 9.87. The van der Waals surface area contributed by atoms with Gasteiger partial charge in [-0.05, 0) is 65.0 Å². The molecule has 8 nitrogen and oxygen atoms in total. The molecule has 2 fully saturated rings. The quantitative estimate of drug-likeness (QED) is 0.721. The number of ether oxygens (including phenoxy) is 1. The van der Waals surface area contributed by atoms with Crippen molar-refractivity contribution in [3.8, 4) is 0 Å². The predicted molar refractivity (Wildman–Crippen MR) is 101 cm³/mol. The first kappa shape index (κ1) is 19.4. The molecule has 4 rings (SSSR count). The Morgan fingerprint density at radius 3 is 2.03 bits per heavy atom. The zero-order valence-corrected chi connectivity index (χ0v) is 16.8. The average Bonchev–Trinajstić information content (AvgIpc) is 3.40. The fourth-order valence-corrected chi connectivity index (χ4v) is 3.79. The van der Waals surface area contributed by atoms with Crippen LogP contribution in [-0.4, -0.2) is 51.0 Å². The van der Waals surface area contributed by atoms with Crippen molar-refractivity contribution >= 4 is 23.9 Å². The maximum atomic E-state index is 13.2. The molecule has 2 aliphatic carbocycles. The molecular weight excluding hydrogens is 376 g/mol. The fourth-order valence-electron chi connectivity index (χ4n) is 3.79. The molecule has 0 aromatic heterocycles. The van der Waals surface area contributed by atoms with Gasteiger partial charge in [0.1, 0.15) is 11.1 Å². The summed E-state index contributed by atoms with van der Waals surface area (Å²) in [6.07, 6.45) is 2.54. The van der Waals surface area contributed by atoms with E-state index in [9.17, 15) is 19.2 Å². The molecule has 0 bridgehead atoms. The maximum Gasteiger partial charge on any atom is 0.411 e. The SMILES string of the molecule is CC(C)(C)OC(=O)N(C1CC1)C1(C(=O)ON2C(=O)c3ccccc3C2=O)CCC1. The van der Waals surface area contributed by atoms with Crippen LogP contribution in [0.4, 0.5) is 4.79 Å². The van der Waals surface area contributed by atoms with Crippen LogP contribution < -0.4 is 0 Å². The van der Waals surface area contributed by atoms with Gasteiger partial charge in [0.15, 0.2) is 0 Å². The van der Waals surface area contributed by atoms with Gasteiger partial charge in [0.2, 0.25) is 0 Å². The molecular formula is C21H24N2O6. The normalized spacial score (nSPS) is 20.0. The Morgan fingerprint density at radius 2 is 1.62 bits per heavy atom. The molecule has 0 spiro atoms. The highest BCUT2D eigenvalue weighted by Crippen LogP contribution is 2.46. The minimum Gasteiger partial charge on any atom is -0.444 e. The Labute approximate surface area is 168 Å². The molecule has 0 unspecified atom stereocenters. The number of benzene rings is 1. The van der Waals surface area contributed by atoms with Crippen LogP contribution in [0.2, 0.25) is 0 Å². The van der Waals surface area contributed by atoms with Gasteiger partial charge in [-0.2, -0.15) is 0 Å². The number of carbonyl (C=O) groups is 4. The standard InChI is InChI=1S/C21H24N2O6/c1-20(2,3)28-19(27)22(13-9-10-13)21(11-6-12-21)18(26)29-23-16(24)14-7-4-5-8-15(14)17(23)25/h4-5,7-8,13H,6,9-12H2,1-3H3. The van der Waals surface area contributed by atoms with Crippen molar-refractivity contribution in [2.75, 3.05) is 0 Å². The molecule has 0 saturated heterocycles. The van der Waals surface area contributed by atoms with Crippen molar-refractivity contribution < 1.29 is 28.8 Å². The number of rotatable bonds is 4. The lowest BCUT2D eigenvalue weighted by Gasteiger charge is -2.47. The van der Waals surface area contributed by atoms with Gasteiger partial charge >= 0.3 is 12.1 Å². The minimum absolute atomic E-state index is 0.0973. The second kappa shape index (κ2) is 6.57. The van der Waals surface area contributed by atoms with Crippen molar-refractivity contribution in [3.05, 3.63) is 35.4 Å². The lowest BCUT2D eigenvalue weighted by Crippen LogP contribution is -2.64. The third kappa shape index (κ3) is 3.26. The molecule has 2 saturated carbocycles. The maximum absolute atomic E-state index is 13.2. The van der Waals surface area contributed by atoms with Crippen LogP contribution >= 0.6 is 0 Å². The number of hydrogen-bond donors (Lipinski definition) is 0. The van der Waals surface area contributed by atoms with Gasteiger partial charge in [-0.3, -0.25) is 14.5 Å². The highest BCUT2D eigenvalue weighted by atomic mass is 16.7. The van der Waals surface area contributed by atoms with Gasteiger partial charge in [-0.15, -0.1) is 0 Å². The summed E-state index contributed by atoms with van der Waals surface area (Å²) in [5.74, 6) is -2.12. The van der Waals surface area contributed by atoms with Crippen LogP contribution in [0, 0.1) is 0 Å². The molecule has 1 aromatic carbocycles. The van der Waals surface area contributed by atoms with E-state index < -0.39 is 35.0 Å². The molecule has 0 radical (unpaired) electrons. The van der Waals surface area contributed by atoms with Crippen molar-refractivity contribution in [2.45, 2.75) is 70.1 Å². The molecule has 3 amide bonds. The Morgan fingerprint density at radius 1 is 1.07 bits per heavy atom. The Bertz CT molecular complexity index is 860. The molecule has 1 aliphatic heterocycles. The van der Waals surface area contributed by atoms with E-state index in [0.29, 0.717) is 17.9 Å². The zero-order valence-electron chi connectivity index (χ0n) is 16.8. The second-order valence-corrected chi connectivity index (χ2v) is 8.80. The summed E-state index contributed by atoms with van der Waals surface area (Å²) in [5.41, 5.74) is -1.53. The summed E-state index contributed by atoms with van der Waals surface area (Å²) < 4.78 is 5.53. The lowest BCUT2D eigenvalue weighted by molar-refractivity contribution is -0.189. The topological polar surface area (TPSA) is 93.2 Å². The van der Waals surface area contributed by atoms with E-state index in [-0.39, 0.29) is 17.2 Å². The predicted octanol–water partition coefficient (Wildman–Crippen LogP) is 3.06. The van der Waals surface area contributed by atoms with Crippen LogP contribution in [0.1, 0.15) is 73.6 Å². The number of hydroxylamine groups is 2. The monoisotopic (exact) mass is 400 g/mol. The van der Waals surface area contributed by atoms with Gasteiger partial charge in [0, 0.05) is 6.04 Å². The van der Waals surface area contributed by atoms with Crippen molar-refractivity contribution in [2.24, 2.45) is 0 Å². The number of fused-ring (bicyclic) bond motifs is 1. The molecule has 1 aromatic rings. The fraction of sp³-hybridized carbons (Fsp3) is 0.524. The summed E-state index contributed by atoms with van der Waals surface area (Å²) in [6, 6.07) is 6.21. The van der Waals surface area contributed by atoms with Crippen molar-refractivity contribution in [1.82, 2.24) is 9.96 Å². The summed E-state index contributed by atoms with van der Waals surface area (Å²) >= 11 is 0. The number of hydrogen-bond acceptors (Lipinski definition) is 6. The van der Waals surface area contributed by atoms with Gasteiger partial charge in [0.25, 0.3) is 11.8 Å².